The molecular weight excluding hydrogens is 348 g/mol. The molecule has 1 atom stereocenters. The van der Waals surface area contributed by atoms with Crippen molar-refractivity contribution in [2.24, 2.45) is 0 Å². The standard InChI is InChI=1S/C23H30N4O/c28-23(19-12-13-22(24-17-19)26-14-6-1-2-7-15-26)27-16-8-11-21(18-27)25-20-9-4-3-5-10-20/h3-5,9-10,12-13,17,21,25H,1-2,6-8,11,14-16,18H2. The topological polar surface area (TPSA) is 48.5 Å². The first kappa shape index (κ1) is 18.8. The normalized spacial score (nSPS) is 20.5. The second-order valence-electron chi connectivity index (χ2n) is 7.91. The molecule has 1 N–H and O–H groups in total. The number of anilines is 2. The second kappa shape index (κ2) is 9.09. The Balaban J connectivity index is 1.38. The van der Waals surface area contributed by atoms with Crippen molar-refractivity contribution >= 4 is 17.4 Å². The van der Waals surface area contributed by atoms with E-state index in [4.69, 9.17) is 0 Å². The molecule has 1 aromatic carbocycles. The lowest BCUT2D eigenvalue weighted by Gasteiger charge is -2.33. The maximum absolute atomic E-state index is 13.0. The van der Waals surface area contributed by atoms with E-state index in [1.807, 2.05) is 35.2 Å². The van der Waals surface area contributed by atoms with Gasteiger partial charge in [0.15, 0.2) is 0 Å². The summed E-state index contributed by atoms with van der Waals surface area (Å²) in [6, 6.07) is 14.5. The van der Waals surface area contributed by atoms with Crippen LogP contribution in [0.3, 0.4) is 0 Å². The van der Waals surface area contributed by atoms with Crippen molar-refractivity contribution in [3.05, 3.63) is 54.2 Å². The van der Waals surface area contributed by atoms with Gasteiger partial charge in [-0.3, -0.25) is 4.79 Å². The van der Waals surface area contributed by atoms with Gasteiger partial charge in [0.05, 0.1) is 5.56 Å². The van der Waals surface area contributed by atoms with Crippen LogP contribution in [0.5, 0.6) is 0 Å². The highest BCUT2D eigenvalue weighted by Gasteiger charge is 2.25. The molecular formula is C23H30N4O. The van der Waals surface area contributed by atoms with Gasteiger partial charge in [0, 0.05) is 44.1 Å². The quantitative estimate of drug-likeness (QED) is 0.867. The maximum Gasteiger partial charge on any atom is 0.255 e. The number of aromatic nitrogens is 1. The molecule has 0 bridgehead atoms. The van der Waals surface area contributed by atoms with Gasteiger partial charge in [-0.05, 0) is 49.9 Å². The van der Waals surface area contributed by atoms with Gasteiger partial charge in [-0.2, -0.15) is 0 Å². The molecule has 2 aliphatic heterocycles. The fraction of sp³-hybridized carbons (Fsp3) is 0.478. The monoisotopic (exact) mass is 378 g/mol. The highest BCUT2D eigenvalue weighted by Crippen LogP contribution is 2.20. The predicted octanol–water partition coefficient (Wildman–Crippen LogP) is 4.18. The summed E-state index contributed by atoms with van der Waals surface area (Å²) in [5, 5.41) is 3.56. The predicted molar refractivity (Wildman–Crippen MR) is 114 cm³/mol. The van der Waals surface area contributed by atoms with Crippen LogP contribution in [-0.2, 0) is 0 Å². The maximum atomic E-state index is 13.0. The lowest BCUT2D eigenvalue weighted by molar-refractivity contribution is 0.0714. The van der Waals surface area contributed by atoms with Crippen LogP contribution in [0.15, 0.2) is 48.7 Å². The average Bonchev–Trinajstić information content (AvgIpc) is 3.04. The number of nitrogens with zero attached hydrogens (tertiary/aromatic N) is 3. The Hall–Kier alpha value is -2.56. The summed E-state index contributed by atoms with van der Waals surface area (Å²) in [4.78, 5) is 21.9. The van der Waals surface area contributed by atoms with Crippen molar-refractivity contribution in [2.75, 3.05) is 36.4 Å². The first-order chi connectivity index (χ1) is 13.8. The first-order valence-corrected chi connectivity index (χ1v) is 10.6. The summed E-state index contributed by atoms with van der Waals surface area (Å²) < 4.78 is 0. The third-order valence-corrected chi connectivity index (χ3v) is 5.78. The minimum absolute atomic E-state index is 0.0921. The number of benzene rings is 1. The number of carbonyl (C=O) groups excluding carboxylic acids is 1. The molecule has 148 valence electrons. The number of pyridine rings is 1. The number of piperidine rings is 1. The van der Waals surface area contributed by atoms with Gasteiger partial charge in [0.2, 0.25) is 0 Å². The Bertz CT molecular complexity index is 754. The zero-order valence-corrected chi connectivity index (χ0v) is 16.5. The SMILES string of the molecule is O=C(c1ccc(N2CCCCCC2)nc1)N1CCCC(Nc2ccccc2)C1. The third-order valence-electron chi connectivity index (χ3n) is 5.78. The van der Waals surface area contributed by atoms with Crippen molar-refractivity contribution in [1.29, 1.82) is 0 Å². The van der Waals surface area contributed by atoms with Crippen LogP contribution in [0.4, 0.5) is 11.5 Å². The Labute approximate surface area is 167 Å². The fourth-order valence-corrected chi connectivity index (χ4v) is 4.23. The molecule has 28 heavy (non-hydrogen) atoms. The van der Waals surface area contributed by atoms with E-state index in [2.05, 4.69) is 27.3 Å². The van der Waals surface area contributed by atoms with E-state index in [0.717, 1.165) is 50.5 Å². The highest BCUT2D eigenvalue weighted by molar-refractivity contribution is 5.94. The third kappa shape index (κ3) is 4.64. The van der Waals surface area contributed by atoms with Crippen molar-refractivity contribution in [1.82, 2.24) is 9.88 Å². The molecule has 3 heterocycles. The number of amides is 1. The molecule has 0 spiro atoms. The van der Waals surface area contributed by atoms with Gasteiger partial charge in [-0.1, -0.05) is 31.0 Å². The average molecular weight is 379 g/mol. The minimum Gasteiger partial charge on any atom is -0.381 e. The van der Waals surface area contributed by atoms with Crippen LogP contribution >= 0.6 is 0 Å². The molecule has 5 nitrogen and oxygen atoms in total. The van der Waals surface area contributed by atoms with Crippen molar-refractivity contribution in [3.8, 4) is 0 Å². The van der Waals surface area contributed by atoms with Gasteiger partial charge < -0.3 is 15.1 Å². The van der Waals surface area contributed by atoms with Crippen molar-refractivity contribution < 1.29 is 4.79 Å². The molecule has 0 saturated carbocycles. The van der Waals surface area contributed by atoms with Crippen molar-refractivity contribution in [2.45, 2.75) is 44.6 Å². The van der Waals surface area contributed by atoms with E-state index in [9.17, 15) is 4.79 Å². The first-order valence-electron chi connectivity index (χ1n) is 10.6. The van der Waals surface area contributed by atoms with Gasteiger partial charge in [0.1, 0.15) is 5.82 Å². The van der Waals surface area contributed by atoms with Crippen molar-refractivity contribution in [3.63, 3.8) is 0 Å². The van der Waals surface area contributed by atoms with Crippen LogP contribution in [-0.4, -0.2) is 48.0 Å². The van der Waals surface area contributed by atoms with Gasteiger partial charge in [0.25, 0.3) is 5.91 Å². The summed E-state index contributed by atoms with van der Waals surface area (Å²) in [7, 11) is 0. The molecule has 5 heteroatoms. The lowest BCUT2D eigenvalue weighted by Crippen LogP contribution is -2.45. The Morgan fingerprint density at radius 2 is 1.71 bits per heavy atom. The van der Waals surface area contributed by atoms with E-state index >= 15 is 0 Å². The number of hydrogen-bond acceptors (Lipinski definition) is 4. The largest absolute Gasteiger partial charge is 0.381 e. The lowest BCUT2D eigenvalue weighted by atomic mass is 10.0. The molecule has 4 rings (SSSR count). The summed E-state index contributed by atoms with van der Waals surface area (Å²) in [5.74, 6) is 1.09. The molecule has 2 saturated heterocycles. The molecule has 1 unspecified atom stereocenters. The number of nitrogens with one attached hydrogen (secondary N) is 1. The summed E-state index contributed by atoms with van der Waals surface area (Å²) in [6.45, 7) is 3.69. The number of carbonyl (C=O) groups is 1. The Morgan fingerprint density at radius 3 is 2.43 bits per heavy atom. The Morgan fingerprint density at radius 1 is 0.929 bits per heavy atom. The van der Waals surface area contributed by atoms with Crippen LogP contribution < -0.4 is 10.2 Å². The summed E-state index contributed by atoms with van der Waals surface area (Å²) >= 11 is 0. The smallest absolute Gasteiger partial charge is 0.255 e. The van der Waals surface area contributed by atoms with Crippen LogP contribution in [0.1, 0.15) is 48.9 Å². The molecule has 1 aromatic heterocycles. The second-order valence-corrected chi connectivity index (χ2v) is 7.91. The number of hydrogen-bond donors (Lipinski definition) is 1. The van der Waals surface area contributed by atoms with E-state index in [0.29, 0.717) is 11.6 Å². The molecule has 0 radical (unpaired) electrons. The zero-order chi connectivity index (χ0) is 19.2. The molecule has 1 amide bonds. The van der Waals surface area contributed by atoms with E-state index in [1.165, 1.54) is 25.7 Å². The summed E-state index contributed by atoms with van der Waals surface area (Å²) in [5.41, 5.74) is 1.81. The number of likely N-dealkylation sites (tertiary alicyclic amines) is 1. The van der Waals surface area contributed by atoms with E-state index in [-0.39, 0.29) is 5.91 Å². The summed E-state index contributed by atoms with van der Waals surface area (Å²) in [6.07, 6.45) is 8.94. The van der Waals surface area contributed by atoms with Crippen LogP contribution in [0, 0.1) is 0 Å². The van der Waals surface area contributed by atoms with E-state index in [1.54, 1.807) is 6.20 Å². The van der Waals surface area contributed by atoms with Gasteiger partial charge in [-0.15, -0.1) is 0 Å². The van der Waals surface area contributed by atoms with Crippen LogP contribution in [0.25, 0.3) is 0 Å². The highest BCUT2D eigenvalue weighted by atomic mass is 16.2. The number of para-hydroxylation sites is 1. The molecule has 0 aliphatic carbocycles. The molecule has 2 aliphatic rings. The van der Waals surface area contributed by atoms with Gasteiger partial charge in [-0.25, -0.2) is 4.98 Å². The fourth-order valence-electron chi connectivity index (χ4n) is 4.23. The van der Waals surface area contributed by atoms with Gasteiger partial charge >= 0.3 is 0 Å². The molecule has 2 aromatic rings. The minimum atomic E-state index is 0.0921. The molecule has 2 fully saturated rings. The van der Waals surface area contributed by atoms with Crippen LogP contribution in [0.2, 0.25) is 0 Å². The van der Waals surface area contributed by atoms with E-state index < -0.39 is 0 Å². The zero-order valence-electron chi connectivity index (χ0n) is 16.5. The Kier molecular flexibility index (Phi) is 6.10. The number of rotatable bonds is 4.